The van der Waals surface area contributed by atoms with Crippen LogP contribution in [0.4, 0.5) is 11.4 Å². The van der Waals surface area contributed by atoms with Crippen molar-refractivity contribution in [2.45, 2.75) is 75.8 Å². The normalized spacial score (nSPS) is 24.7. The number of rotatable bonds is 14. The molecule has 2 aromatic rings. The first-order valence-electron chi connectivity index (χ1n) is 14.4. The van der Waals surface area contributed by atoms with Crippen molar-refractivity contribution < 1.29 is 68.1 Å². The number of anilines is 2. The van der Waals surface area contributed by atoms with Crippen molar-refractivity contribution >= 4 is 33.2 Å². The molecule has 0 radical (unpaired) electrons. The number of amides is 2. The van der Waals surface area contributed by atoms with E-state index in [2.05, 4.69) is 10.0 Å². The summed E-state index contributed by atoms with van der Waals surface area (Å²) in [5, 5.41) is 76.1. The third-order valence-electron chi connectivity index (χ3n) is 7.38. The Morgan fingerprint density at radius 3 is 2.23 bits per heavy atom. The maximum Gasteiger partial charge on any atom is 0.256 e. The monoisotopic (exact) mass is 687 g/mol. The molecule has 0 aliphatic carbocycles. The lowest BCUT2D eigenvalue weighted by Gasteiger charge is -2.44. The second-order valence-corrected chi connectivity index (χ2v) is 12.9. The van der Waals surface area contributed by atoms with E-state index >= 15 is 0 Å². The van der Waals surface area contributed by atoms with Crippen molar-refractivity contribution in [3.63, 3.8) is 0 Å². The molecule has 9 N–H and O–H groups in total. The summed E-state index contributed by atoms with van der Waals surface area (Å²) in [4.78, 5) is 24.8. The van der Waals surface area contributed by atoms with Crippen LogP contribution in [0.5, 0.6) is 11.5 Å². The van der Waals surface area contributed by atoms with E-state index < -0.39 is 89.4 Å². The van der Waals surface area contributed by atoms with Gasteiger partial charge in [0.1, 0.15) is 42.3 Å². The van der Waals surface area contributed by atoms with Crippen molar-refractivity contribution in [1.29, 1.82) is 0 Å². The van der Waals surface area contributed by atoms with Crippen LogP contribution in [0.3, 0.4) is 0 Å². The van der Waals surface area contributed by atoms with E-state index in [0.29, 0.717) is 5.75 Å². The molecule has 1 fully saturated rings. The van der Waals surface area contributed by atoms with Gasteiger partial charge in [0.05, 0.1) is 42.4 Å². The number of hydroxylamine groups is 1. The second kappa shape index (κ2) is 16.1. The topological polar surface area (TPSA) is 265 Å². The zero-order chi connectivity index (χ0) is 35.2. The number of hydrogen-bond donors (Lipinski definition) is 9. The van der Waals surface area contributed by atoms with Gasteiger partial charge in [-0.15, -0.1) is 0 Å². The molecule has 2 aromatic carbocycles. The molecule has 0 aromatic heterocycles. The minimum absolute atomic E-state index is 0.00483. The number of benzene rings is 2. The number of aliphatic hydroxyl groups excluding tert-OH is 6. The van der Waals surface area contributed by atoms with Crippen molar-refractivity contribution in [2.75, 3.05) is 22.6 Å². The van der Waals surface area contributed by atoms with Crippen LogP contribution < -0.4 is 19.8 Å². The zero-order valence-electron chi connectivity index (χ0n) is 25.9. The zero-order valence-corrected chi connectivity index (χ0v) is 26.8. The molecule has 262 valence electrons. The van der Waals surface area contributed by atoms with Crippen molar-refractivity contribution in [3.8, 4) is 11.5 Å². The number of nitrogens with one attached hydrogen (secondary N) is 2. The lowest BCUT2D eigenvalue weighted by molar-refractivity contribution is -0.274. The molecule has 10 unspecified atom stereocenters. The Balaban J connectivity index is 1.76. The number of sulfonamides is 1. The molecule has 3 rings (SSSR count). The predicted octanol–water partition coefficient (Wildman–Crippen LogP) is -1.36. The van der Waals surface area contributed by atoms with Gasteiger partial charge in [-0.25, -0.2) is 8.42 Å². The standard InChI is InChI=1S/C29H41N3O14S/c1-14(23(35)26(38)24(36)15(2)44-27-22(30-16(3)34)29(40)46-21(13-33)25(27)37)28(39)32(41)17-10-11-19(31-47(4,42)43)20(12-17)45-18-8-6-5-7-9-18/h5-12,14-15,21-27,29,31,33,35-38,40-41H,13H2,1-4H3,(H,30,34). The average Bonchev–Trinajstić information content (AvgIpc) is 3.02. The molecule has 1 aliphatic heterocycles. The van der Waals surface area contributed by atoms with Gasteiger partial charge in [-0.3, -0.25) is 19.5 Å². The number of hydrogen-bond acceptors (Lipinski definition) is 14. The van der Waals surface area contributed by atoms with Crippen LogP contribution in [0.1, 0.15) is 20.8 Å². The van der Waals surface area contributed by atoms with Crippen LogP contribution in [0, 0.1) is 5.92 Å². The Kier molecular flexibility index (Phi) is 13.0. The van der Waals surface area contributed by atoms with E-state index in [-0.39, 0.29) is 22.2 Å². The highest BCUT2D eigenvalue weighted by atomic mass is 32.2. The summed E-state index contributed by atoms with van der Waals surface area (Å²) < 4.78 is 42.6. The minimum Gasteiger partial charge on any atom is -0.455 e. The third-order valence-corrected chi connectivity index (χ3v) is 7.97. The molecule has 10 atom stereocenters. The molecule has 1 heterocycles. The van der Waals surface area contributed by atoms with Crippen LogP contribution in [0.25, 0.3) is 0 Å². The maximum absolute atomic E-state index is 13.2. The summed E-state index contributed by atoms with van der Waals surface area (Å²) in [6.07, 6.45) is -12.5. The Bertz CT molecular complexity index is 1470. The first-order chi connectivity index (χ1) is 21.9. The van der Waals surface area contributed by atoms with Crippen molar-refractivity contribution in [1.82, 2.24) is 5.32 Å². The van der Waals surface area contributed by atoms with Crippen LogP contribution in [-0.2, 0) is 29.1 Å². The van der Waals surface area contributed by atoms with Crippen LogP contribution >= 0.6 is 0 Å². The summed E-state index contributed by atoms with van der Waals surface area (Å²) in [7, 11) is -3.75. The average molecular weight is 688 g/mol. The molecule has 17 nitrogen and oxygen atoms in total. The Morgan fingerprint density at radius 2 is 1.66 bits per heavy atom. The van der Waals surface area contributed by atoms with E-state index in [0.717, 1.165) is 26.2 Å². The number of carbonyl (C=O) groups excluding carboxylic acids is 2. The highest BCUT2D eigenvalue weighted by Gasteiger charge is 2.47. The van der Waals surface area contributed by atoms with Gasteiger partial charge in [0.2, 0.25) is 15.9 Å². The first kappa shape index (κ1) is 38.0. The van der Waals surface area contributed by atoms with Crippen molar-refractivity contribution in [3.05, 3.63) is 48.5 Å². The lowest BCUT2D eigenvalue weighted by atomic mass is 9.92. The molecule has 18 heteroatoms. The number of nitrogens with zero attached hydrogens (tertiary/aromatic N) is 1. The Labute approximate surface area is 270 Å². The van der Waals surface area contributed by atoms with E-state index in [9.17, 15) is 53.9 Å². The molecular formula is C29H41N3O14S. The number of aliphatic hydroxyl groups is 6. The SMILES string of the molecule is CC(=O)NC1C(O)OC(CO)C(O)C1OC(C)C(O)C(O)C(O)C(C)C(=O)N(O)c1ccc(NS(C)(=O)=O)c(Oc2ccccc2)c1. The van der Waals surface area contributed by atoms with E-state index in [4.69, 9.17) is 14.2 Å². The largest absolute Gasteiger partial charge is 0.455 e. The molecule has 0 bridgehead atoms. The van der Waals surface area contributed by atoms with Gasteiger partial charge in [-0.2, -0.15) is 5.06 Å². The fourth-order valence-electron chi connectivity index (χ4n) is 4.83. The van der Waals surface area contributed by atoms with Crippen LogP contribution in [0.15, 0.2) is 48.5 Å². The Hall–Kier alpha value is -3.43. The first-order valence-corrected chi connectivity index (χ1v) is 16.3. The van der Waals surface area contributed by atoms with Crippen LogP contribution in [-0.4, -0.2) is 124 Å². The second-order valence-electron chi connectivity index (χ2n) is 11.2. The maximum atomic E-state index is 13.2. The van der Waals surface area contributed by atoms with Crippen molar-refractivity contribution in [2.24, 2.45) is 5.92 Å². The molecule has 0 saturated carbocycles. The summed E-state index contributed by atoms with van der Waals surface area (Å²) in [6.45, 7) is 2.82. The van der Waals surface area contributed by atoms with E-state index in [1.807, 2.05) is 0 Å². The number of para-hydroxylation sites is 1. The summed E-state index contributed by atoms with van der Waals surface area (Å²) in [6, 6.07) is 10.5. The predicted molar refractivity (Wildman–Crippen MR) is 164 cm³/mol. The third kappa shape index (κ3) is 9.80. The molecule has 1 saturated heterocycles. The van der Waals surface area contributed by atoms with Gasteiger partial charge in [0.25, 0.3) is 5.91 Å². The fraction of sp³-hybridized carbons (Fsp3) is 0.517. The lowest BCUT2D eigenvalue weighted by Crippen LogP contribution is -2.66. The van der Waals surface area contributed by atoms with Gasteiger partial charge in [-0.1, -0.05) is 25.1 Å². The fourth-order valence-corrected chi connectivity index (χ4v) is 5.40. The van der Waals surface area contributed by atoms with Gasteiger partial charge in [-0.05, 0) is 31.2 Å². The van der Waals surface area contributed by atoms with E-state index in [1.165, 1.54) is 19.1 Å². The van der Waals surface area contributed by atoms with Crippen LogP contribution in [0.2, 0.25) is 0 Å². The van der Waals surface area contributed by atoms with Gasteiger partial charge in [0, 0.05) is 13.0 Å². The molecule has 2 amide bonds. The van der Waals surface area contributed by atoms with Gasteiger partial charge in [0.15, 0.2) is 12.0 Å². The smallest absolute Gasteiger partial charge is 0.256 e. The molecule has 0 spiro atoms. The van der Waals surface area contributed by atoms with Gasteiger partial charge < -0.3 is 50.2 Å². The highest BCUT2D eigenvalue weighted by molar-refractivity contribution is 7.92. The number of ether oxygens (including phenoxy) is 3. The molecular weight excluding hydrogens is 646 g/mol. The Morgan fingerprint density at radius 1 is 1.02 bits per heavy atom. The van der Waals surface area contributed by atoms with E-state index in [1.54, 1.807) is 30.3 Å². The van der Waals surface area contributed by atoms with Gasteiger partial charge >= 0.3 is 0 Å². The minimum atomic E-state index is -3.75. The quantitative estimate of drug-likeness (QED) is 0.0821. The molecule has 1 aliphatic rings. The summed E-state index contributed by atoms with van der Waals surface area (Å²) >= 11 is 0. The summed E-state index contributed by atoms with van der Waals surface area (Å²) in [5.74, 6) is -3.07. The molecule has 47 heavy (non-hydrogen) atoms. The summed E-state index contributed by atoms with van der Waals surface area (Å²) in [5.41, 5.74) is -0.199. The highest BCUT2D eigenvalue weighted by Crippen LogP contribution is 2.35. The number of carbonyl (C=O) groups is 2.